The molecule has 3 aromatic rings. The molecular formula is C22H23F3N6O2. The molecule has 4 heterocycles. The Hall–Kier alpha value is -3.50. The van der Waals surface area contributed by atoms with Crippen molar-refractivity contribution in [1.82, 2.24) is 19.5 Å². The Kier molecular flexibility index (Phi) is 5.26. The van der Waals surface area contributed by atoms with E-state index in [-0.39, 0.29) is 18.2 Å². The highest BCUT2D eigenvalue weighted by atomic mass is 19.4. The van der Waals surface area contributed by atoms with Gasteiger partial charge in [0, 0.05) is 37.5 Å². The molecule has 11 heteroatoms. The van der Waals surface area contributed by atoms with Crippen molar-refractivity contribution in [3.05, 3.63) is 53.2 Å². The zero-order valence-electron chi connectivity index (χ0n) is 18.3. The molecule has 2 aromatic heterocycles. The van der Waals surface area contributed by atoms with E-state index in [0.29, 0.717) is 31.0 Å². The fourth-order valence-corrected chi connectivity index (χ4v) is 4.45. The zero-order chi connectivity index (χ0) is 23.2. The van der Waals surface area contributed by atoms with Gasteiger partial charge < -0.3 is 23.8 Å². The molecule has 0 atom stereocenters. The van der Waals surface area contributed by atoms with E-state index in [0.717, 1.165) is 36.2 Å². The second kappa shape index (κ2) is 8.13. The van der Waals surface area contributed by atoms with Crippen LogP contribution in [0.1, 0.15) is 22.5 Å². The average molecular weight is 460 g/mol. The largest absolute Gasteiger partial charge is 0.497 e. The molecule has 0 N–H and O–H groups in total. The second-order valence-electron chi connectivity index (χ2n) is 8.01. The van der Waals surface area contributed by atoms with E-state index in [9.17, 15) is 13.2 Å². The minimum atomic E-state index is -4.48. The molecule has 33 heavy (non-hydrogen) atoms. The number of aromatic nitrogens is 4. The van der Waals surface area contributed by atoms with Gasteiger partial charge >= 0.3 is 12.2 Å². The van der Waals surface area contributed by atoms with E-state index in [1.807, 2.05) is 12.5 Å². The van der Waals surface area contributed by atoms with Crippen LogP contribution >= 0.6 is 0 Å². The summed E-state index contributed by atoms with van der Waals surface area (Å²) < 4.78 is 53.8. The maximum Gasteiger partial charge on any atom is 0.418 e. The lowest BCUT2D eigenvalue weighted by Gasteiger charge is -2.36. The Morgan fingerprint density at radius 2 is 1.82 bits per heavy atom. The van der Waals surface area contributed by atoms with Gasteiger partial charge in [-0.15, -0.1) is 0 Å². The van der Waals surface area contributed by atoms with Crippen LogP contribution < -0.4 is 19.3 Å². The molecule has 0 saturated heterocycles. The van der Waals surface area contributed by atoms with Crippen molar-refractivity contribution in [3.63, 3.8) is 0 Å². The van der Waals surface area contributed by atoms with Gasteiger partial charge in [0.25, 0.3) is 0 Å². The summed E-state index contributed by atoms with van der Waals surface area (Å²) >= 11 is 0. The Morgan fingerprint density at radius 1 is 0.970 bits per heavy atom. The third-order valence-electron chi connectivity index (χ3n) is 6.12. The third-order valence-corrected chi connectivity index (χ3v) is 6.12. The Labute approximate surface area is 188 Å². The molecule has 0 radical (unpaired) electrons. The maximum atomic E-state index is 13.7. The SMILES string of the molecule is COc1ccc(C(F)(F)F)c(N2CCc3c(nc(OC)nc3N3CCn4cncc4C3)C2)c1. The molecular weight excluding hydrogens is 437 g/mol. The number of imidazole rings is 1. The first kappa shape index (κ1) is 21.4. The number of alkyl halides is 3. The van der Waals surface area contributed by atoms with E-state index >= 15 is 0 Å². The van der Waals surface area contributed by atoms with Crippen molar-refractivity contribution in [3.8, 4) is 11.8 Å². The summed E-state index contributed by atoms with van der Waals surface area (Å²) in [5, 5.41) is 0. The number of hydrogen-bond donors (Lipinski definition) is 0. The topological polar surface area (TPSA) is 68.5 Å². The highest BCUT2D eigenvalue weighted by molar-refractivity contribution is 5.61. The van der Waals surface area contributed by atoms with Crippen LogP contribution in [0, 0.1) is 0 Å². The Morgan fingerprint density at radius 3 is 2.58 bits per heavy atom. The van der Waals surface area contributed by atoms with Gasteiger partial charge in [-0.25, -0.2) is 4.98 Å². The lowest BCUT2D eigenvalue weighted by molar-refractivity contribution is -0.137. The molecule has 0 spiro atoms. The van der Waals surface area contributed by atoms with E-state index in [4.69, 9.17) is 9.47 Å². The molecule has 0 unspecified atom stereocenters. The fourth-order valence-electron chi connectivity index (χ4n) is 4.45. The van der Waals surface area contributed by atoms with E-state index in [1.165, 1.54) is 26.4 Å². The van der Waals surface area contributed by atoms with Crippen LogP contribution in [0.3, 0.4) is 0 Å². The molecule has 0 saturated carbocycles. The van der Waals surface area contributed by atoms with E-state index < -0.39 is 11.7 Å². The van der Waals surface area contributed by atoms with Gasteiger partial charge in [0.2, 0.25) is 0 Å². The predicted octanol–water partition coefficient (Wildman–Crippen LogP) is 3.29. The van der Waals surface area contributed by atoms with Crippen LogP contribution in [0.25, 0.3) is 0 Å². The lowest BCUT2D eigenvalue weighted by atomic mass is 10.0. The number of hydrogen-bond acceptors (Lipinski definition) is 7. The number of nitrogens with zero attached hydrogens (tertiary/aromatic N) is 6. The molecule has 0 bridgehead atoms. The fraction of sp³-hybridized carbons (Fsp3) is 0.409. The summed E-state index contributed by atoms with van der Waals surface area (Å²) in [5.41, 5.74) is 2.07. The molecule has 0 fully saturated rings. The van der Waals surface area contributed by atoms with Crippen LogP contribution in [0.5, 0.6) is 11.8 Å². The van der Waals surface area contributed by atoms with Gasteiger partial charge in [-0.1, -0.05) is 0 Å². The summed E-state index contributed by atoms with van der Waals surface area (Å²) in [6, 6.07) is 4.02. The molecule has 1 aromatic carbocycles. The van der Waals surface area contributed by atoms with Gasteiger partial charge in [0.05, 0.1) is 56.3 Å². The molecule has 0 aliphatic carbocycles. The van der Waals surface area contributed by atoms with E-state index in [1.54, 1.807) is 4.90 Å². The van der Waals surface area contributed by atoms with E-state index in [2.05, 4.69) is 24.4 Å². The monoisotopic (exact) mass is 460 g/mol. The van der Waals surface area contributed by atoms with Crippen molar-refractivity contribution in [2.75, 3.05) is 37.1 Å². The van der Waals surface area contributed by atoms with Crippen LogP contribution in [0.4, 0.5) is 24.7 Å². The van der Waals surface area contributed by atoms with Gasteiger partial charge in [0.1, 0.15) is 11.6 Å². The number of rotatable bonds is 4. The normalized spacial score (nSPS) is 15.8. The number of methoxy groups -OCH3 is 2. The van der Waals surface area contributed by atoms with Crippen LogP contribution in [-0.4, -0.2) is 46.8 Å². The number of ether oxygens (including phenoxy) is 2. The van der Waals surface area contributed by atoms with Gasteiger partial charge in [-0.3, -0.25) is 0 Å². The van der Waals surface area contributed by atoms with Crippen molar-refractivity contribution >= 4 is 11.5 Å². The molecule has 5 rings (SSSR count). The van der Waals surface area contributed by atoms with Crippen molar-refractivity contribution in [2.24, 2.45) is 0 Å². The highest BCUT2D eigenvalue weighted by Crippen LogP contribution is 2.41. The van der Waals surface area contributed by atoms with Crippen molar-refractivity contribution in [2.45, 2.75) is 32.2 Å². The Balaban J connectivity index is 1.51. The summed E-state index contributed by atoms with van der Waals surface area (Å²) in [6.07, 6.45) is -0.320. The quantitative estimate of drug-likeness (QED) is 0.592. The first-order chi connectivity index (χ1) is 15.9. The number of halogens is 3. The predicted molar refractivity (Wildman–Crippen MR) is 115 cm³/mol. The summed E-state index contributed by atoms with van der Waals surface area (Å²) in [5.74, 6) is 1.14. The average Bonchev–Trinajstić information content (AvgIpc) is 3.30. The van der Waals surface area contributed by atoms with Crippen LogP contribution in [0.15, 0.2) is 30.7 Å². The molecule has 174 valence electrons. The first-order valence-corrected chi connectivity index (χ1v) is 10.6. The van der Waals surface area contributed by atoms with Gasteiger partial charge in [0.15, 0.2) is 0 Å². The summed E-state index contributed by atoms with van der Waals surface area (Å²) in [6.45, 7) is 2.78. The van der Waals surface area contributed by atoms with Crippen molar-refractivity contribution < 1.29 is 22.6 Å². The van der Waals surface area contributed by atoms with Crippen LogP contribution in [-0.2, 0) is 32.2 Å². The lowest BCUT2D eigenvalue weighted by Crippen LogP contribution is -2.38. The summed E-state index contributed by atoms with van der Waals surface area (Å²) in [7, 11) is 2.92. The minimum absolute atomic E-state index is 0.0773. The van der Waals surface area contributed by atoms with Gasteiger partial charge in [-0.2, -0.15) is 23.1 Å². The first-order valence-electron chi connectivity index (χ1n) is 10.6. The molecule has 2 aliphatic heterocycles. The summed E-state index contributed by atoms with van der Waals surface area (Å²) in [4.78, 5) is 17.2. The maximum absolute atomic E-state index is 13.7. The molecule has 8 nitrogen and oxygen atoms in total. The molecule has 0 amide bonds. The standard InChI is InChI=1S/C22H23F3N6O2/c1-32-15-3-4-17(22(23,24)25)19(9-15)29-6-5-16-18(12-29)27-21(33-2)28-20(16)30-7-8-31-13-26-10-14(31)11-30/h3-4,9-10,13H,5-8,11-12H2,1-2H3. The minimum Gasteiger partial charge on any atom is -0.497 e. The second-order valence-corrected chi connectivity index (χ2v) is 8.01. The van der Waals surface area contributed by atoms with Crippen LogP contribution in [0.2, 0.25) is 0 Å². The number of anilines is 2. The smallest absolute Gasteiger partial charge is 0.418 e. The number of fused-ring (bicyclic) bond motifs is 2. The highest BCUT2D eigenvalue weighted by Gasteiger charge is 2.36. The number of benzene rings is 1. The third kappa shape index (κ3) is 3.91. The molecule has 2 aliphatic rings. The Bertz CT molecular complexity index is 1180. The van der Waals surface area contributed by atoms with Gasteiger partial charge in [-0.05, 0) is 18.6 Å². The zero-order valence-corrected chi connectivity index (χ0v) is 18.3. The van der Waals surface area contributed by atoms with Crippen molar-refractivity contribution in [1.29, 1.82) is 0 Å².